The fourth-order valence-electron chi connectivity index (χ4n) is 0.835. The molecule has 0 saturated carbocycles. The Hall–Kier alpha value is -1.18. The lowest BCUT2D eigenvalue weighted by atomic mass is 10.1. The maximum Gasteiger partial charge on any atom is 0.111 e. The van der Waals surface area contributed by atoms with Gasteiger partial charge in [-0.05, 0) is 36.2 Å². The Morgan fingerprint density at radius 1 is 1.30 bits per heavy atom. The van der Waals surface area contributed by atoms with Crippen LogP contribution in [0.25, 0.3) is 0 Å². The molecule has 0 N–H and O–H groups in total. The predicted molar refractivity (Wildman–Crippen MR) is 41.4 cm³/mol. The zero-order valence-electron chi connectivity index (χ0n) is 6.09. The third-order valence-electron chi connectivity index (χ3n) is 1.67. The van der Waals surface area contributed by atoms with E-state index in [1.165, 1.54) is 0 Å². The Balaban J connectivity index is 3.27. The summed E-state index contributed by atoms with van der Waals surface area (Å²) in [5.41, 5.74) is 2.62. The van der Waals surface area contributed by atoms with Crippen LogP contribution >= 0.6 is 0 Å². The van der Waals surface area contributed by atoms with Crippen LogP contribution in [0, 0.1) is 18.8 Å². The first-order chi connectivity index (χ1) is 4.75. The van der Waals surface area contributed by atoms with Gasteiger partial charge in [0.05, 0.1) is 0 Å². The Kier molecular flexibility index (Phi) is 1.81. The lowest BCUT2D eigenvalue weighted by Crippen LogP contribution is -1.78. The summed E-state index contributed by atoms with van der Waals surface area (Å²) < 4.78 is 0. The third-order valence-corrected chi connectivity index (χ3v) is 1.67. The van der Waals surface area contributed by atoms with Gasteiger partial charge in [0.25, 0.3) is 0 Å². The van der Waals surface area contributed by atoms with Gasteiger partial charge in [-0.1, -0.05) is 12.1 Å². The van der Waals surface area contributed by atoms with Crippen molar-refractivity contribution < 1.29 is 0 Å². The molecule has 1 rings (SSSR count). The third kappa shape index (κ3) is 1.05. The van der Waals surface area contributed by atoms with E-state index >= 15 is 0 Å². The molecule has 10 heavy (non-hydrogen) atoms. The van der Waals surface area contributed by atoms with Crippen molar-refractivity contribution in [3.8, 4) is 0 Å². The van der Waals surface area contributed by atoms with Crippen molar-refractivity contribution in [3.63, 3.8) is 0 Å². The van der Waals surface area contributed by atoms with E-state index in [4.69, 9.17) is 0 Å². The van der Waals surface area contributed by atoms with Gasteiger partial charge >= 0.3 is 0 Å². The van der Waals surface area contributed by atoms with Crippen molar-refractivity contribution in [2.75, 3.05) is 0 Å². The van der Waals surface area contributed by atoms with E-state index in [0.29, 0.717) is 5.69 Å². The molecule has 1 aromatic carbocycles. The van der Waals surface area contributed by atoms with Crippen molar-refractivity contribution in [3.05, 3.63) is 34.2 Å². The number of nitroso groups, excluding NO2 is 1. The molecule has 0 aliphatic heterocycles. The van der Waals surface area contributed by atoms with Gasteiger partial charge in [-0.3, -0.25) is 0 Å². The maximum atomic E-state index is 10.1. The summed E-state index contributed by atoms with van der Waals surface area (Å²) in [5, 5.41) is 2.88. The van der Waals surface area contributed by atoms with Crippen LogP contribution in [-0.2, 0) is 0 Å². The first kappa shape index (κ1) is 6.93. The molecule has 0 fully saturated rings. The minimum atomic E-state index is 0.542. The number of hydrogen-bond acceptors (Lipinski definition) is 2. The van der Waals surface area contributed by atoms with E-state index in [-0.39, 0.29) is 0 Å². The van der Waals surface area contributed by atoms with Gasteiger partial charge in [-0.2, -0.15) is 0 Å². The number of benzene rings is 1. The molecule has 0 aromatic heterocycles. The van der Waals surface area contributed by atoms with Crippen molar-refractivity contribution in [2.45, 2.75) is 13.8 Å². The molecule has 0 unspecified atom stereocenters. The first-order valence-electron chi connectivity index (χ1n) is 3.15. The van der Waals surface area contributed by atoms with Crippen molar-refractivity contribution in [2.24, 2.45) is 5.18 Å². The van der Waals surface area contributed by atoms with Crippen LogP contribution in [0.4, 0.5) is 5.69 Å². The van der Waals surface area contributed by atoms with Gasteiger partial charge in [0.15, 0.2) is 0 Å². The Bertz CT molecular complexity index is 255. The van der Waals surface area contributed by atoms with Crippen molar-refractivity contribution >= 4 is 5.69 Å². The standard InChI is InChI=1S/C8H9NO/c1-6-4-3-5-8(9-10)7(6)2/h3-5H,1-2H3. The summed E-state index contributed by atoms with van der Waals surface area (Å²) in [5.74, 6) is 0. The Morgan fingerprint density at radius 2 is 2.00 bits per heavy atom. The fourth-order valence-corrected chi connectivity index (χ4v) is 0.835. The molecule has 0 atom stereocenters. The van der Waals surface area contributed by atoms with Gasteiger partial charge in [0, 0.05) is 0 Å². The summed E-state index contributed by atoms with van der Waals surface area (Å²) in [6.45, 7) is 3.86. The number of rotatable bonds is 1. The van der Waals surface area contributed by atoms with Gasteiger partial charge in [-0.15, -0.1) is 4.91 Å². The molecule has 1 aromatic rings. The number of nitrogens with zero attached hydrogens (tertiary/aromatic N) is 1. The molecule has 0 amide bonds. The highest BCUT2D eigenvalue weighted by Crippen LogP contribution is 2.19. The minimum Gasteiger partial charge on any atom is -0.145 e. The predicted octanol–water partition coefficient (Wildman–Crippen LogP) is 2.70. The molecule has 0 aliphatic rings. The first-order valence-corrected chi connectivity index (χ1v) is 3.15. The van der Waals surface area contributed by atoms with Crippen LogP contribution in [0.2, 0.25) is 0 Å². The average Bonchev–Trinajstić information content (AvgIpc) is 1.95. The van der Waals surface area contributed by atoms with Crippen LogP contribution in [0.5, 0.6) is 0 Å². The van der Waals surface area contributed by atoms with Crippen molar-refractivity contribution in [1.29, 1.82) is 0 Å². The van der Waals surface area contributed by atoms with Crippen LogP contribution in [0.15, 0.2) is 23.4 Å². The normalized spacial score (nSPS) is 9.40. The Labute approximate surface area is 59.9 Å². The second kappa shape index (κ2) is 2.60. The summed E-state index contributed by atoms with van der Waals surface area (Å²) >= 11 is 0. The molecule has 52 valence electrons. The molecule has 2 nitrogen and oxygen atoms in total. The topological polar surface area (TPSA) is 29.4 Å². The van der Waals surface area contributed by atoms with Crippen molar-refractivity contribution in [1.82, 2.24) is 0 Å². The van der Waals surface area contributed by atoms with E-state index in [1.54, 1.807) is 6.07 Å². The second-order valence-electron chi connectivity index (χ2n) is 2.31. The highest BCUT2D eigenvalue weighted by atomic mass is 16.3. The molecule has 0 saturated heterocycles. The van der Waals surface area contributed by atoms with Gasteiger partial charge < -0.3 is 0 Å². The van der Waals surface area contributed by atoms with Crippen LogP contribution in [0.1, 0.15) is 11.1 Å². The van der Waals surface area contributed by atoms with Crippen LogP contribution < -0.4 is 0 Å². The molecule has 2 heteroatoms. The smallest absolute Gasteiger partial charge is 0.111 e. The van der Waals surface area contributed by atoms with E-state index < -0.39 is 0 Å². The molecular weight excluding hydrogens is 126 g/mol. The van der Waals surface area contributed by atoms with Crippen LogP contribution in [-0.4, -0.2) is 0 Å². The van der Waals surface area contributed by atoms with E-state index in [2.05, 4.69) is 5.18 Å². The lowest BCUT2D eigenvalue weighted by molar-refractivity contribution is 1.30. The molecule has 0 spiro atoms. The summed E-state index contributed by atoms with van der Waals surface area (Å²) in [4.78, 5) is 10.1. The second-order valence-corrected chi connectivity index (χ2v) is 2.31. The zero-order chi connectivity index (χ0) is 7.56. The minimum absolute atomic E-state index is 0.542. The monoisotopic (exact) mass is 135 g/mol. The van der Waals surface area contributed by atoms with E-state index in [1.807, 2.05) is 26.0 Å². The number of aryl methyl sites for hydroxylation is 1. The lowest BCUT2D eigenvalue weighted by Gasteiger charge is -1.98. The molecule has 0 heterocycles. The maximum absolute atomic E-state index is 10.1. The van der Waals surface area contributed by atoms with E-state index in [9.17, 15) is 4.91 Å². The summed E-state index contributed by atoms with van der Waals surface area (Å²) in [6, 6.07) is 5.51. The van der Waals surface area contributed by atoms with E-state index in [0.717, 1.165) is 11.1 Å². The largest absolute Gasteiger partial charge is 0.145 e. The number of hydrogen-bond donors (Lipinski definition) is 0. The zero-order valence-corrected chi connectivity index (χ0v) is 6.09. The van der Waals surface area contributed by atoms with Crippen LogP contribution in [0.3, 0.4) is 0 Å². The Morgan fingerprint density at radius 3 is 2.50 bits per heavy atom. The highest BCUT2D eigenvalue weighted by Gasteiger charge is 1.97. The highest BCUT2D eigenvalue weighted by molar-refractivity contribution is 5.48. The summed E-state index contributed by atoms with van der Waals surface area (Å²) in [7, 11) is 0. The van der Waals surface area contributed by atoms with Gasteiger partial charge in [-0.25, -0.2) is 0 Å². The molecule has 0 aliphatic carbocycles. The molecular formula is C8H9NO. The molecule has 0 bridgehead atoms. The quantitative estimate of drug-likeness (QED) is 0.544. The average molecular weight is 135 g/mol. The SMILES string of the molecule is Cc1cccc(N=O)c1C. The van der Waals surface area contributed by atoms with Gasteiger partial charge in [0.1, 0.15) is 5.69 Å². The van der Waals surface area contributed by atoms with Gasteiger partial charge in [0.2, 0.25) is 0 Å². The summed E-state index contributed by atoms with van der Waals surface area (Å²) in [6.07, 6.45) is 0. The fraction of sp³-hybridized carbons (Fsp3) is 0.250. The molecule has 0 radical (unpaired) electrons.